The number of carbonyl (C=O) groups is 3. The fraction of sp³-hybridized carbons (Fsp3) is 0.318. The molecule has 2 rings (SSSR count). The van der Waals surface area contributed by atoms with E-state index in [1.165, 1.54) is 57.2 Å². The first-order chi connectivity index (χ1) is 14.0. The quantitative estimate of drug-likeness (QED) is 0.358. The van der Waals surface area contributed by atoms with Gasteiger partial charge in [-0.25, -0.2) is 8.42 Å². The van der Waals surface area contributed by atoms with Gasteiger partial charge in [-0.2, -0.15) is 0 Å². The minimum atomic E-state index is -3.82. The number of esters is 2. The van der Waals surface area contributed by atoms with Crippen molar-refractivity contribution in [2.24, 2.45) is 5.92 Å². The van der Waals surface area contributed by atoms with E-state index in [0.717, 1.165) is 5.56 Å². The molecule has 0 amide bonds. The first-order valence-corrected chi connectivity index (χ1v) is 10.9. The van der Waals surface area contributed by atoms with Gasteiger partial charge in [0, 0.05) is 19.4 Å². The highest BCUT2D eigenvalue weighted by molar-refractivity contribution is 7.91. The van der Waals surface area contributed by atoms with Gasteiger partial charge in [0.25, 0.3) is 0 Å². The topological polar surface area (TPSA) is 104 Å². The summed E-state index contributed by atoms with van der Waals surface area (Å²) in [6, 6.07) is 12.1. The van der Waals surface area contributed by atoms with E-state index in [9.17, 15) is 22.8 Å². The normalized spacial score (nSPS) is 13.2. The van der Waals surface area contributed by atoms with Crippen molar-refractivity contribution in [1.82, 2.24) is 0 Å². The van der Waals surface area contributed by atoms with Crippen LogP contribution in [-0.4, -0.2) is 38.0 Å². The van der Waals surface area contributed by atoms with Crippen LogP contribution in [0.4, 0.5) is 0 Å². The van der Waals surface area contributed by atoms with Crippen molar-refractivity contribution in [3.05, 3.63) is 59.7 Å². The molecular weight excluding hydrogens is 408 g/mol. The van der Waals surface area contributed by atoms with E-state index >= 15 is 0 Å². The number of aryl methyl sites for hydroxylation is 1. The van der Waals surface area contributed by atoms with Crippen LogP contribution in [0.5, 0.6) is 5.75 Å². The van der Waals surface area contributed by atoms with E-state index in [1.807, 2.05) is 6.92 Å². The zero-order valence-electron chi connectivity index (χ0n) is 17.2. The first kappa shape index (κ1) is 23.3. The summed E-state index contributed by atoms with van der Waals surface area (Å²) in [5, 5.41) is 0. The Labute approximate surface area is 175 Å². The Hall–Kier alpha value is -3.00. The first-order valence-electron chi connectivity index (χ1n) is 9.29. The lowest BCUT2D eigenvalue weighted by Gasteiger charge is -2.23. The van der Waals surface area contributed by atoms with Gasteiger partial charge in [0.05, 0.1) is 16.6 Å². The maximum atomic E-state index is 13.1. The van der Waals surface area contributed by atoms with E-state index in [2.05, 4.69) is 0 Å². The molecule has 0 aliphatic heterocycles. The van der Waals surface area contributed by atoms with Gasteiger partial charge in [-0.1, -0.05) is 17.7 Å². The number of benzene rings is 2. The number of sulfone groups is 1. The molecule has 2 aromatic rings. The number of carbonyl (C=O) groups excluding carboxylic acids is 3. The van der Waals surface area contributed by atoms with Crippen LogP contribution in [0, 0.1) is 12.8 Å². The summed E-state index contributed by atoms with van der Waals surface area (Å²) in [5.41, 5.74) is 1.12. The number of rotatable bonds is 8. The summed E-state index contributed by atoms with van der Waals surface area (Å²) in [6.07, 6.45) is -0.955. The molecule has 0 radical (unpaired) electrons. The second kappa shape index (κ2) is 9.67. The molecule has 0 aliphatic rings. The summed E-state index contributed by atoms with van der Waals surface area (Å²) in [4.78, 5) is 35.6. The van der Waals surface area contributed by atoms with Crippen molar-refractivity contribution < 1.29 is 32.3 Å². The molecule has 0 aliphatic carbocycles. The lowest BCUT2D eigenvalue weighted by atomic mass is 9.94. The average Bonchev–Trinajstić information content (AvgIpc) is 2.65. The van der Waals surface area contributed by atoms with Gasteiger partial charge in [-0.05, 0) is 50.2 Å². The molecule has 0 N–H and O–H groups in total. The Morgan fingerprint density at radius 1 is 0.900 bits per heavy atom. The van der Waals surface area contributed by atoms with Gasteiger partial charge >= 0.3 is 11.9 Å². The minimum absolute atomic E-state index is 0.0890. The zero-order chi connectivity index (χ0) is 22.5. The van der Waals surface area contributed by atoms with Crippen LogP contribution in [0.2, 0.25) is 0 Å². The Morgan fingerprint density at radius 3 is 1.97 bits per heavy atom. The smallest absolute Gasteiger partial charge is 0.308 e. The van der Waals surface area contributed by atoms with Gasteiger partial charge in [0.2, 0.25) is 0 Å². The second-order valence-electron chi connectivity index (χ2n) is 7.00. The van der Waals surface area contributed by atoms with E-state index < -0.39 is 45.3 Å². The highest BCUT2D eigenvalue weighted by Crippen LogP contribution is 2.23. The monoisotopic (exact) mass is 432 g/mol. The van der Waals surface area contributed by atoms with Gasteiger partial charge in [0.15, 0.2) is 15.6 Å². The summed E-state index contributed by atoms with van der Waals surface area (Å²) >= 11 is 0. The largest absolute Gasteiger partial charge is 0.462 e. The molecule has 2 atom stereocenters. The van der Waals surface area contributed by atoms with Gasteiger partial charge < -0.3 is 9.47 Å². The van der Waals surface area contributed by atoms with Crippen LogP contribution in [0.15, 0.2) is 53.4 Å². The molecule has 0 bridgehead atoms. The van der Waals surface area contributed by atoms with Crippen LogP contribution in [0.25, 0.3) is 0 Å². The Morgan fingerprint density at radius 2 is 1.47 bits per heavy atom. The van der Waals surface area contributed by atoms with Crippen LogP contribution in [-0.2, 0) is 24.2 Å². The number of Topliss-reactive ketones (excluding diaryl/α,β-unsaturated/α-hetero) is 1. The lowest BCUT2D eigenvalue weighted by Crippen LogP contribution is -2.35. The average molecular weight is 432 g/mol. The second-order valence-corrected chi connectivity index (χ2v) is 9.03. The highest BCUT2D eigenvalue weighted by atomic mass is 32.2. The minimum Gasteiger partial charge on any atom is -0.462 e. The molecule has 160 valence electrons. The molecule has 0 heterocycles. The molecule has 0 spiro atoms. The van der Waals surface area contributed by atoms with Crippen molar-refractivity contribution in [2.45, 2.75) is 38.7 Å². The Bertz CT molecular complexity index is 1020. The predicted molar refractivity (Wildman–Crippen MR) is 110 cm³/mol. The van der Waals surface area contributed by atoms with Crippen molar-refractivity contribution in [2.75, 3.05) is 5.75 Å². The van der Waals surface area contributed by atoms with Crippen molar-refractivity contribution in [3.63, 3.8) is 0 Å². The molecule has 7 nitrogen and oxygen atoms in total. The summed E-state index contributed by atoms with van der Waals surface area (Å²) in [5.74, 6) is -2.97. The Balaban J connectivity index is 2.34. The molecule has 8 heteroatoms. The van der Waals surface area contributed by atoms with E-state index in [0.29, 0.717) is 0 Å². The fourth-order valence-corrected chi connectivity index (χ4v) is 4.55. The predicted octanol–water partition coefficient (Wildman–Crippen LogP) is 3.14. The third-order valence-corrected chi connectivity index (χ3v) is 6.22. The van der Waals surface area contributed by atoms with Crippen LogP contribution < -0.4 is 4.74 Å². The van der Waals surface area contributed by atoms with Crippen molar-refractivity contribution in [3.8, 4) is 5.75 Å². The Kier molecular flexibility index (Phi) is 7.50. The standard InChI is InChI=1S/C22H24O7S/c1-14-5-11-20(12-6-14)30(26,27)13-21(15(2)28-16(3)23)22(25)18-7-9-19(10-8-18)29-17(4)24/h5-12,15,21H,13H2,1-4H3/t15-,21+/m0/s1. The van der Waals surface area contributed by atoms with E-state index in [1.54, 1.807) is 12.1 Å². The summed E-state index contributed by atoms with van der Waals surface area (Å²) in [7, 11) is -3.82. The van der Waals surface area contributed by atoms with Crippen molar-refractivity contribution >= 4 is 27.6 Å². The third kappa shape index (κ3) is 6.25. The number of hydrogen-bond acceptors (Lipinski definition) is 7. The highest BCUT2D eigenvalue weighted by Gasteiger charge is 2.33. The van der Waals surface area contributed by atoms with E-state index in [-0.39, 0.29) is 16.2 Å². The SMILES string of the molecule is CC(=O)Oc1ccc(C(=O)[C@H](CS(=O)(=O)c2ccc(C)cc2)[C@H](C)OC(C)=O)cc1. The molecule has 0 saturated heterocycles. The zero-order valence-corrected chi connectivity index (χ0v) is 18.1. The van der Waals surface area contributed by atoms with Gasteiger partial charge in [0.1, 0.15) is 11.9 Å². The maximum absolute atomic E-state index is 13.1. The molecule has 0 fully saturated rings. The fourth-order valence-electron chi connectivity index (χ4n) is 2.91. The summed E-state index contributed by atoms with van der Waals surface area (Å²) < 4.78 is 35.9. The molecule has 0 saturated carbocycles. The molecule has 0 unspecified atom stereocenters. The van der Waals surface area contributed by atoms with Crippen LogP contribution in [0.3, 0.4) is 0 Å². The maximum Gasteiger partial charge on any atom is 0.308 e. The molecule has 2 aromatic carbocycles. The van der Waals surface area contributed by atoms with E-state index in [4.69, 9.17) is 9.47 Å². The molecular formula is C22H24O7S. The van der Waals surface area contributed by atoms with Gasteiger partial charge in [-0.15, -0.1) is 0 Å². The van der Waals surface area contributed by atoms with Crippen LogP contribution >= 0.6 is 0 Å². The number of ketones is 1. The lowest BCUT2D eigenvalue weighted by molar-refractivity contribution is -0.146. The number of hydrogen-bond donors (Lipinski definition) is 0. The van der Waals surface area contributed by atoms with Crippen molar-refractivity contribution in [1.29, 1.82) is 0 Å². The van der Waals surface area contributed by atoms with Crippen LogP contribution in [0.1, 0.15) is 36.7 Å². The third-order valence-electron chi connectivity index (χ3n) is 4.43. The summed E-state index contributed by atoms with van der Waals surface area (Å²) in [6.45, 7) is 5.78. The van der Waals surface area contributed by atoms with Gasteiger partial charge in [-0.3, -0.25) is 14.4 Å². The number of ether oxygens (including phenoxy) is 2. The molecule has 0 aromatic heterocycles. The molecule has 30 heavy (non-hydrogen) atoms.